The maximum absolute atomic E-state index is 11.4. The Bertz CT molecular complexity index is 294. The maximum atomic E-state index is 11.4. The first-order chi connectivity index (χ1) is 12.7. The van der Waals surface area contributed by atoms with Gasteiger partial charge in [-0.1, -0.05) is 59.3 Å². The molecule has 0 aliphatic heterocycles. The summed E-state index contributed by atoms with van der Waals surface area (Å²) in [7, 11) is 0. The smallest absolute Gasteiger partial charge is 0.305 e. The monoisotopic (exact) mass is 374 g/mol. The molecule has 0 N–H and O–H groups in total. The van der Waals surface area contributed by atoms with E-state index in [-0.39, 0.29) is 5.97 Å². The highest BCUT2D eigenvalue weighted by atomic mass is 16.5. The van der Waals surface area contributed by atoms with E-state index in [9.17, 15) is 4.79 Å². The Morgan fingerprint density at radius 2 is 1.19 bits per heavy atom. The van der Waals surface area contributed by atoms with Gasteiger partial charge in [0.25, 0.3) is 0 Å². The number of esters is 1. The molecular formula is C21H42O5. The number of unbranched alkanes of at least 4 members (excludes halogenated alkanes) is 6. The lowest BCUT2D eigenvalue weighted by Crippen LogP contribution is -2.12. The lowest BCUT2D eigenvalue weighted by Gasteiger charge is -2.08. The van der Waals surface area contributed by atoms with Crippen molar-refractivity contribution in [2.45, 2.75) is 78.6 Å². The SMILES string of the molecule is CCCCCCCCCOCCOCCOCCCC(=O)OCC(C)C. The fourth-order valence-corrected chi connectivity index (χ4v) is 2.35. The Morgan fingerprint density at radius 1 is 0.692 bits per heavy atom. The molecule has 0 fully saturated rings. The highest BCUT2D eigenvalue weighted by Crippen LogP contribution is 2.06. The Morgan fingerprint density at radius 3 is 1.77 bits per heavy atom. The molecule has 0 rings (SSSR count). The van der Waals surface area contributed by atoms with E-state index in [2.05, 4.69) is 6.92 Å². The second-order valence-corrected chi connectivity index (χ2v) is 7.14. The quantitative estimate of drug-likeness (QED) is 0.227. The van der Waals surface area contributed by atoms with Crippen LogP contribution in [0, 0.1) is 5.92 Å². The summed E-state index contributed by atoms with van der Waals surface area (Å²) in [5, 5.41) is 0. The molecule has 0 spiro atoms. The van der Waals surface area contributed by atoms with Gasteiger partial charge in [0.15, 0.2) is 0 Å². The molecule has 26 heavy (non-hydrogen) atoms. The molecule has 0 aromatic carbocycles. The summed E-state index contributed by atoms with van der Waals surface area (Å²) < 4.78 is 21.5. The molecule has 0 aliphatic rings. The summed E-state index contributed by atoms with van der Waals surface area (Å²) in [6, 6.07) is 0. The van der Waals surface area contributed by atoms with Crippen LogP contribution in [-0.2, 0) is 23.7 Å². The van der Waals surface area contributed by atoms with Crippen molar-refractivity contribution in [3.05, 3.63) is 0 Å². The predicted octanol–water partition coefficient (Wildman–Crippen LogP) is 4.77. The first-order valence-electron chi connectivity index (χ1n) is 10.6. The third kappa shape index (κ3) is 21.4. The van der Waals surface area contributed by atoms with Crippen molar-refractivity contribution in [2.24, 2.45) is 5.92 Å². The van der Waals surface area contributed by atoms with Crippen LogP contribution in [0.5, 0.6) is 0 Å². The average molecular weight is 375 g/mol. The second-order valence-electron chi connectivity index (χ2n) is 7.14. The van der Waals surface area contributed by atoms with E-state index in [0.717, 1.165) is 13.0 Å². The van der Waals surface area contributed by atoms with Crippen LogP contribution >= 0.6 is 0 Å². The Hall–Kier alpha value is -0.650. The van der Waals surface area contributed by atoms with Gasteiger partial charge in [-0.2, -0.15) is 0 Å². The number of ether oxygens (including phenoxy) is 4. The minimum atomic E-state index is -0.142. The van der Waals surface area contributed by atoms with Gasteiger partial charge in [0.1, 0.15) is 0 Å². The zero-order chi connectivity index (χ0) is 19.3. The highest BCUT2D eigenvalue weighted by Gasteiger charge is 2.03. The molecule has 0 amide bonds. The molecule has 0 atom stereocenters. The zero-order valence-electron chi connectivity index (χ0n) is 17.4. The lowest BCUT2D eigenvalue weighted by atomic mass is 10.1. The van der Waals surface area contributed by atoms with E-state index in [4.69, 9.17) is 18.9 Å². The lowest BCUT2D eigenvalue weighted by molar-refractivity contribution is -0.145. The van der Waals surface area contributed by atoms with Gasteiger partial charge in [-0.15, -0.1) is 0 Å². The molecule has 0 aromatic heterocycles. The topological polar surface area (TPSA) is 54.0 Å². The van der Waals surface area contributed by atoms with Crippen LogP contribution in [0.15, 0.2) is 0 Å². The van der Waals surface area contributed by atoms with Gasteiger partial charge in [-0.3, -0.25) is 4.79 Å². The minimum Gasteiger partial charge on any atom is -0.465 e. The largest absolute Gasteiger partial charge is 0.465 e. The van der Waals surface area contributed by atoms with Crippen molar-refractivity contribution >= 4 is 5.97 Å². The Balaban J connectivity index is 3.08. The van der Waals surface area contributed by atoms with Gasteiger partial charge < -0.3 is 18.9 Å². The molecule has 5 nitrogen and oxygen atoms in total. The summed E-state index contributed by atoms with van der Waals surface area (Å²) in [5.74, 6) is 0.239. The van der Waals surface area contributed by atoms with Crippen LogP contribution in [0.1, 0.15) is 78.6 Å². The van der Waals surface area contributed by atoms with Gasteiger partial charge in [0.2, 0.25) is 0 Å². The third-order valence-electron chi connectivity index (χ3n) is 3.88. The Labute approximate surface area is 161 Å². The molecule has 5 heteroatoms. The molecule has 0 heterocycles. The molecule has 0 aromatic rings. The summed E-state index contributed by atoms with van der Waals surface area (Å²) >= 11 is 0. The van der Waals surface area contributed by atoms with Crippen LogP contribution in [0.2, 0.25) is 0 Å². The average Bonchev–Trinajstić information content (AvgIpc) is 2.62. The molecule has 0 saturated heterocycles. The van der Waals surface area contributed by atoms with Gasteiger partial charge in [0.05, 0.1) is 33.0 Å². The number of carbonyl (C=O) groups excluding carboxylic acids is 1. The van der Waals surface area contributed by atoms with E-state index in [1.165, 1.54) is 38.5 Å². The predicted molar refractivity (Wildman–Crippen MR) is 105 cm³/mol. The minimum absolute atomic E-state index is 0.142. The van der Waals surface area contributed by atoms with Crippen LogP contribution in [0.3, 0.4) is 0 Å². The standard InChI is InChI=1S/C21H42O5/c1-4-5-6-7-8-9-10-13-23-15-17-25-18-16-24-14-11-12-21(22)26-19-20(2)3/h20H,4-19H2,1-3H3. The van der Waals surface area contributed by atoms with Crippen molar-refractivity contribution in [1.82, 2.24) is 0 Å². The van der Waals surface area contributed by atoms with E-state index < -0.39 is 0 Å². The molecular weight excluding hydrogens is 332 g/mol. The van der Waals surface area contributed by atoms with Gasteiger partial charge in [0, 0.05) is 19.6 Å². The Kier molecular flexibility index (Phi) is 20.1. The van der Waals surface area contributed by atoms with Crippen molar-refractivity contribution in [2.75, 3.05) is 46.2 Å². The molecule has 156 valence electrons. The van der Waals surface area contributed by atoms with Crippen molar-refractivity contribution in [3.63, 3.8) is 0 Å². The third-order valence-corrected chi connectivity index (χ3v) is 3.88. The summed E-state index contributed by atoms with van der Waals surface area (Å²) in [5.41, 5.74) is 0. The van der Waals surface area contributed by atoms with E-state index in [1.54, 1.807) is 0 Å². The van der Waals surface area contributed by atoms with Crippen molar-refractivity contribution < 1.29 is 23.7 Å². The first kappa shape index (κ1) is 25.4. The van der Waals surface area contributed by atoms with Gasteiger partial charge in [-0.05, 0) is 18.8 Å². The number of carbonyl (C=O) groups is 1. The first-order valence-corrected chi connectivity index (χ1v) is 10.6. The van der Waals surface area contributed by atoms with Crippen molar-refractivity contribution in [1.29, 1.82) is 0 Å². The van der Waals surface area contributed by atoms with Crippen LogP contribution in [-0.4, -0.2) is 52.2 Å². The van der Waals surface area contributed by atoms with Gasteiger partial charge >= 0.3 is 5.97 Å². The fraction of sp³-hybridized carbons (Fsp3) is 0.952. The van der Waals surface area contributed by atoms with Crippen LogP contribution in [0.25, 0.3) is 0 Å². The molecule has 0 aliphatic carbocycles. The molecule has 0 bridgehead atoms. The van der Waals surface area contributed by atoms with E-state index in [1.807, 2.05) is 13.8 Å². The molecule has 0 radical (unpaired) electrons. The number of hydrogen-bond donors (Lipinski definition) is 0. The zero-order valence-corrected chi connectivity index (χ0v) is 17.4. The van der Waals surface area contributed by atoms with E-state index >= 15 is 0 Å². The normalized spacial score (nSPS) is 11.2. The highest BCUT2D eigenvalue weighted by molar-refractivity contribution is 5.69. The van der Waals surface area contributed by atoms with Gasteiger partial charge in [-0.25, -0.2) is 0 Å². The van der Waals surface area contributed by atoms with Crippen molar-refractivity contribution in [3.8, 4) is 0 Å². The second kappa shape index (κ2) is 20.7. The number of rotatable bonds is 20. The fourth-order valence-electron chi connectivity index (χ4n) is 2.35. The summed E-state index contributed by atoms with van der Waals surface area (Å²) in [4.78, 5) is 11.4. The summed E-state index contributed by atoms with van der Waals surface area (Å²) in [6.45, 7) is 10.6. The van der Waals surface area contributed by atoms with Crippen LogP contribution < -0.4 is 0 Å². The van der Waals surface area contributed by atoms with E-state index in [0.29, 0.717) is 58.4 Å². The summed E-state index contributed by atoms with van der Waals surface area (Å²) in [6.07, 6.45) is 10.2. The van der Waals surface area contributed by atoms with Crippen LogP contribution in [0.4, 0.5) is 0 Å². The molecule has 0 saturated carbocycles. The maximum Gasteiger partial charge on any atom is 0.305 e. The molecule has 0 unspecified atom stereocenters. The number of hydrogen-bond acceptors (Lipinski definition) is 5.